The molecule has 2 aromatic carbocycles. The fraction of sp³-hybridized carbons (Fsp3) is 0.310. The van der Waals surface area contributed by atoms with Crippen molar-refractivity contribution in [2.75, 3.05) is 32.8 Å². The maximum Gasteiger partial charge on any atom is 0.222 e. The second-order valence-electron chi connectivity index (χ2n) is 8.89. The lowest BCUT2D eigenvalue weighted by Gasteiger charge is -2.34. The molecular weight excluding hydrogens is 436 g/mol. The highest BCUT2D eigenvalue weighted by atomic mass is 16.5. The number of amides is 1. The Hall–Kier alpha value is -3.64. The number of carbonyl (C=O) groups is 1. The minimum atomic E-state index is 0.239. The van der Waals surface area contributed by atoms with Crippen molar-refractivity contribution in [3.63, 3.8) is 0 Å². The molecule has 1 aliphatic heterocycles. The van der Waals surface area contributed by atoms with Crippen LogP contribution in [0.2, 0.25) is 0 Å². The van der Waals surface area contributed by atoms with E-state index in [-0.39, 0.29) is 5.91 Å². The number of imidazole rings is 1. The van der Waals surface area contributed by atoms with Gasteiger partial charge in [0.1, 0.15) is 11.4 Å². The zero-order valence-electron chi connectivity index (χ0n) is 20.5. The van der Waals surface area contributed by atoms with Crippen molar-refractivity contribution in [1.82, 2.24) is 19.2 Å². The summed E-state index contributed by atoms with van der Waals surface area (Å²) in [7, 11) is 0. The summed E-state index contributed by atoms with van der Waals surface area (Å²) in [6.45, 7) is 8.64. The average Bonchev–Trinajstić information content (AvgIpc) is 3.27. The molecule has 0 spiro atoms. The summed E-state index contributed by atoms with van der Waals surface area (Å²) in [5, 5.41) is 0. The molecule has 0 aliphatic carbocycles. The summed E-state index contributed by atoms with van der Waals surface area (Å²) >= 11 is 0. The quantitative estimate of drug-likeness (QED) is 0.378. The number of nitrogens with zero attached hydrogens (tertiary/aromatic N) is 4. The summed E-state index contributed by atoms with van der Waals surface area (Å²) in [5.41, 5.74) is 6.47. The van der Waals surface area contributed by atoms with Crippen LogP contribution in [0.3, 0.4) is 0 Å². The number of carbonyl (C=O) groups excluding carboxylic acids is 1. The van der Waals surface area contributed by atoms with Gasteiger partial charge >= 0.3 is 0 Å². The van der Waals surface area contributed by atoms with Crippen molar-refractivity contribution in [1.29, 1.82) is 0 Å². The van der Waals surface area contributed by atoms with Gasteiger partial charge in [0.05, 0.1) is 18.0 Å². The Morgan fingerprint density at radius 3 is 2.40 bits per heavy atom. The maximum absolute atomic E-state index is 12.1. The summed E-state index contributed by atoms with van der Waals surface area (Å²) in [6.07, 6.45) is 2.75. The Labute approximate surface area is 206 Å². The molecule has 0 N–H and O–H groups in total. The first-order chi connectivity index (χ1) is 17.2. The third kappa shape index (κ3) is 4.93. The number of fused-ring (bicyclic) bond motifs is 1. The van der Waals surface area contributed by atoms with E-state index in [4.69, 9.17) is 9.72 Å². The van der Waals surface area contributed by atoms with E-state index in [1.54, 1.807) is 0 Å². The van der Waals surface area contributed by atoms with Crippen LogP contribution in [0, 0.1) is 0 Å². The number of ether oxygens (including phenoxy) is 1. The van der Waals surface area contributed by atoms with Crippen LogP contribution in [0.4, 0.5) is 0 Å². The third-order valence-electron chi connectivity index (χ3n) is 6.64. The lowest BCUT2D eigenvalue weighted by molar-refractivity contribution is -0.132. The maximum atomic E-state index is 12.1. The number of piperazine rings is 1. The molecule has 180 valence electrons. The summed E-state index contributed by atoms with van der Waals surface area (Å²) < 4.78 is 7.95. The Morgan fingerprint density at radius 1 is 0.886 bits per heavy atom. The van der Waals surface area contributed by atoms with Gasteiger partial charge in [-0.2, -0.15) is 0 Å². The average molecular weight is 469 g/mol. The molecule has 4 aromatic rings. The van der Waals surface area contributed by atoms with Crippen molar-refractivity contribution in [3.05, 3.63) is 78.6 Å². The standard InChI is InChI=1S/C29H32N4O2/c1-3-28(34)32-17-15-31(16-18-32)21-26-29(22-9-6-5-7-10-22)30-27-14-13-24(20-33(26)27)23-11-8-12-25(19-23)35-4-2/h5-14,19-20H,3-4,15-18,21H2,1-2H3. The number of pyridine rings is 1. The molecule has 6 heteroatoms. The fourth-order valence-corrected chi connectivity index (χ4v) is 4.77. The van der Waals surface area contributed by atoms with Gasteiger partial charge < -0.3 is 14.0 Å². The normalized spacial score (nSPS) is 14.4. The molecule has 5 rings (SSSR count). The highest BCUT2D eigenvalue weighted by molar-refractivity contribution is 5.76. The molecule has 3 heterocycles. The summed E-state index contributed by atoms with van der Waals surface area (Å²) in [4.78, 5) is 21.6. The largest absolute Gasteiger partial charge is 0.494 e. The summed E-state index contributed by atoms with van der Waals surface area (Å²) in [6, 6.07) is 22.8. The Kier molecular flexibility index (Phi) is 6.82. The van der Waals surface area contributed by atoms with Crippen molar-refractivity contribution >= 4 is 11.6 Å². The van der Waals surface area contributed by atoms with E-state index in [0.29, 0.717) is 13.0 Å². The second kappa shape index (κ2) is 10.3. The molecule has 6 nitrogen and oxygen atoms in total. The van der Waals surface area contributed by atoms with Crippen molar-refractivity contribution in [3.8, 4) is 28.1 Å². The zero-order chi connectivity index (χ0) is 24.2. The minimum absolute atomic E-state index is 0.239. The first kappa shape index (κ1) is 23.1. The van der Waals surface area contributed by atoms with Crippen molar-refractivity contribution < 1.29 is 9.53 Å². The van der Waals surface area contributed by atoms with Crippen LogP contribution in [0.25, 0.3) is 28.0 Å². The molecule has 35 heavy (non-hydrogen) atoms. The van der Waals surface area contributed by atoms with Crippen LogP contribution in [-0.2, 0) is 11.3 Å². The summed E-state index contributed by atoms with van der Waals surface area (Å²) in [5.74, 6) is 1.11. The molecular formula is C29H32N4O2. The van der Waals surface area contributed by atoms with Crippen LogP contribution >= 0.6 is 0 Å². The monoisotopic (exact) mass is 468 g/mol. The van der Waals surface area contributed by atoms with Gasteiger partial charge in [-0.3, -0.25) is 9.69 Å². The van der Waals surface area contributed by atoms with E-state index in [2.05, 4.69) is 64.0 Å². The SMILES string of the molecule is CCOc1cccc(-c2ccc3nc(-c4ccccc4)c(CN4CCN(C(=O)CC)CC4)n3c2)c1. The topological polar surface area (TPSA) is 50.1 Å². The first-order valence-corrected chi connectivity index (χ1v) is 12.5. The molecule has 1 saturated heterocycles. The first-order valence-electron chi connectivity index (χ1n) is 12.5. The zero-order valence-corrected chi connectivity index (χ0v) is 20.5. The Balaban J connectivity index is 1.51. The van der Waals surface area contributed by atoms with Gasteiger partial charge in [-0.1, -0.05) is 49.4 Å². The van der Waals surface area contributed by atoms with Gasteiger partial charge in [0.2, 0.25) is 5.91 Å². The molecule has 0 bridgehead atoms. The van der Waals surface area contributed by atoms with E-state index in [9.17, 15) is 4.79 Å². The van der Waals surface area contributed by atoms with Gasteiger partial charge in [0, 0.05) is 50.9 Å². The van der Waals surface area contributed by atoms with E-state index >= 15 is 0 Å². The smallest absolute Gasteiger partial charge is 0.222 e. The lowest BCUT2D eigenvalue weighted by atomic mass is 10.1. The van der Waals surface area contributed by atoms with Crippen LogP contribution in [0.1, 0.15) is 26.0 Å². The molecule has 1 fully saturated rings. The number of hydrogen-bond acceptors (Lipinski definition) is 4. The molecule has 1 amide bonds. The predicted molar refractivity (Wildman–Crippen MR) is 139 cm³/mol. The molecule has 2 aromatic heterocycles. The number of aromatic nitrogens is 2. The fourth-order valence-electron chi connectivity index (χ4n) is 4.77. The van der Waals surface area contributed by atoms with Crippen LogP contribution in [-0.4, -0.2) is 57.9 Å². The Morgan fingerprint density at radius 2 is 1.66 bits per heavy atom. The molecule has 0 saturated carbocycles. The van der Waals surface area contributed by atoms with E-state index < -0.39 is 0 Å². The highest BCUT2D eigenvalue weighted by Crippen LogP contribution is 2.29. The van der Waals surface area contributed by atoms with Gasteiger partial charge in [-0.05, 0) is 42.3 Å². The van der Waals surface area contributed by atoms with Crippen LogP contribution in [0.5, 0.6) is 5.75 Å². The highest BCUT2D eigenvalue weighted by Gasteiger charge is 2.23. The molecule has 0 unspecified atom stereocenters. The van der Waals surface area contributed by atoms with Crippen LogP contribution < -0.4 is 4.74 Å². The molecule has 1 aliphatic rings. The minimum Gasteiger partial charge on any atom is -0.494 e. The van der Waals surface area contributed by atoms with Crippen molar-refractivity contribution in [2.24, 2.45) is 0 Å². The van der Waals surface area contributed by atoms with E-state index in [0.717, 1.165) is 66.5 Å². The van der Waals surface area contributed by atoms with Crippen molar-refractivity contribution in [2.45, 2.75) is 26.8 Å². The number of rotatable bonds is 7. The molecule has 0 atom stereocenters. The van der Waals surface area contributed by atoms with Gasteiger partial charge in [0.25, 0.3) is 0 Å². The lowest BCUT2D eigenvalue weighted by Crippen LogP contribution is -2.48. The van der Waals surface area contributed by atoms with Gasteiger partial charge in [0.15, 0.2) is 0 Å². The predicted octanol–water partition coefficient (Wildman–Crippen LogP) is 5.12. The number of hydrogen-bond donors (Lipinski definition) is 0. The third-order valence-corrected chi connectivity index (χ3v) is 6.64. The van der Waals surface area contributed by atoms with Crippen LogP contribution in [0.15, 0.2) is 72.9 Å². The van der Waals surface area contributed by atoms with E-state index in [1.807, 2.05) is 36.9 Å². The molecule has 0 radical (unpaired) electrons. The second-order valence-corrected chi connectivity index (χ2v) is 8.89. The van der Waals surface area contributed by atoms with E-state index in [1.165, 1.54) is 5.69 Å². The number of benzene rings is 2. The Bertz CT molecular complexity index is 1310. The van der Waals surface area contributed by atoms with Gasteiger partial charge in [-0.15, -0.1) is 0 Å². The van der Waals surface area contributed by atoms with Gasteiger partial charge in [-0.25, -0.2) is 4.98 Å².